The molecule has 0 aliphatic carbocycles. The second kappa shape index (κ2) is 8.80. The summed E-state index contributed by atoms with van der Waals surface area (Å²) in [5.41, 5.74) is 2.17. The molecule has 1 aromatic heterocycles. The molecule has 1 aromatic carbocycles. The van der Waals surface area contributed by atoms with Crippen LogP contribution < -0.4 is 5.32 Å². The number of carbonyl (C=O) groups excluding carboxylic acids is 1. The molecule has 5 heteroatoms. The maximum atomic E-state index is 12.6. The van der Waals surface area contributed by atoms with Crippen LogP contribution in [0.15, 0.2) is 41.8 Å². The van der Waals surface area contributed by atoms with Crippen molar-refractivity contribution in [2.75, 3.05) is 33.7 Å². The van der Waals surface area contributed by atoms with Crippen molar-refractivity contribution in [3.63, 3.8) is 0 Å². The van der Waals surface area contributed by atoms with E-state index in [1.54, 1.807) is 0 Å². The van der Waals surface area contributed by atoms with Crippen LogP contribution in [0.25, 0.3) is 0 Å². The predicted molar refractivity (Wildman–Crippen MR) is 109 cm³/mol. The lowest BCUT2D eigenvalue weighted by molar-refractivity contribution is 0.0703. The number of piperidine rings is 1. The van der Waals surface area contributed by atoms with Crippen molar-refractivity contribution in [1.82, 2.24) is 15.1 Å². The van der Waals surface area contributed by atoms with Crippen LogP contribution in [0.4, 0.5) is 0 Å². The molecule has 140 valence electrons. The normalized spacial score (nSPS) is 16.8. The molecule has 1 aliphatic rings. The summed E-state index contributed by atoms with van der Waals surface area (Å²) in [5, 5.41) is 5.92. The predicted octanol–water partition coefficient (Wildman–Crippen LogP) is 3.55. The van der Waals surface area contributed by atoms with E-state index in [1.807, 2.05) is 46.6 Å². The van der Waals surface area contributed by atoms with E-state index in [0.29, 0.717) is 12.1 Å². The number of nitrogens with zero attached hydrogens (tertiary/aromatic N) is 2. The maximum absolute atomic E-state index is 12.6. The molecule has 0 radical (unpaired) electrons. The highest BCUT2D eigenvalue weighted by Gasteiger charge is 2.25. The smallest absolute Gasteiger partial charge is 0.253 e. The molecular formula is C21H29N3OS. The molecular weight excluding hydrogens is 342 g/mol. The number of hydrogen-bond donors (Lipinski definition) is 1. The Balaban J connectivity index is 1.51. The van der Waals surface area contributed by atoms with E-state index in [2.05, 4.69) is 42.7 Å². The molecule has 0 spiro atoms. The number of likely N-dealkylation sites (tertiary alicyclic amines) is 1. The van der Waals surface area contributed by atoms with Crippen molar-refractivity contribution in [2.24, 2.45) is 0 Å². The SMILES string of the molecule is Cc1ccsc1[C@@H](CNC1CCN(C(=O)c2ccccc2)CC1)N(C)C. The Morgan fingerprint density at radius 2 is 1.92 bits per heavy atom. The summed E-state index contributed by atoms with van der Waals surface area (Å²) < 4.78 is 0. The Hall–Kier alpha value is -1.69. The monoisotopic (exact) mass is 371 g/mol. The van der Waals surface area contributed by atoms with Gasteiger partial charge in [0.15, 0.2) is 0 Å². The topological polar surface area (TPSA) is 35.6 Å². The summed E-state index contributed by atoms with van der Waals surface area (Å²) in [6.45, 7) is 4.80. The molecule has 2 heterocycles. The first-order chi connectivity index (χ1) is 12.6. The molecule has 0 bridgehead atoms. The summed E-state index contributed by atoms with van der Waals surface area (Å²) in [6, 6.07) is 12.7. The summed E-state index contributed by atoms with van der Waals surface area (Å²) in [6.07, 6.45) is 2.03. The molecule has 26 heavy (non-hydrogen) atoms. The fourth-order valence-corrected chi connectivity index (χ4v) is 4.69. The van der Waals surface area contributed by atoms with Crippen LogP contribution in [0.3, 0.4) is 0 Å². The molecule has 1 amide bonds. The third-order valence-electron chi connectivity index (χ3n) is 5.23. The van der Waals surface area contributed by atoms with Crippen LogP contribution in [0.2, 0.25) is 0 Å². The van der Waals surface area contributed by atoms with Gasteiger partial charge >= 0.3 is 0 Å². The summed E-state index contributed by atoms with van der Waals surface area (Å²) >= 11 is 1.84. The molecule has 3 rings (SSSR count). The molecule has 1 saturated heterocycles. The van der Waals surface area contributed by atoms with Gasteiger partial charge in [-0.25, -0.2) is 0 Å². The quantitative estimate of drug-likeness (QED) is 0.843. The van der Waals surface area contributed by atoms with Crippen molar-refractivity contribution < 1.29 is 4.79 Å². The molecule has 2 aromatic rings. The second-order valence-corrected chi connectivity index (χ2v) is 8.24. The van der Waals surface area contributed by atoms with Crippen LogP contribution in [-0.2, 0) is 0 Å². The number of carbonyl (C=O) groups is 1. The summed E-state index contributed by atoms with van der Waals surface area (Å²) in [5.74, 6) is 0.157. The zero-order valence-corrected chi connectivity index (χ0v) is 16.8. The molecule has 0 unspecified atom stereocenters. The van der Waals surface area contributed by atoms with Crippen LogP contribution >= 0.6 is 11.3 Å². The number of aryl methyl sites for hydroxylation is 1. The third-order valence-corrected chi connectivity index (χ3v) is 6.35. The lowest BCUT2D eigenvalue weighted by Crippen LogP contribution is -2.46. The van der Waals surface area contributed by atoms with Gasteiger partial charge in [0, 0.05) is 36.1 Å². The number of hydrogen-bond acceptors (Lipinski definition) is 4. The average molecular weight is 372 g/mol. The minimum Gasteiger partial charge on any atom is -0.339 e. The van der Waals surface area contributed by atoms with Crippen LogP contribution in [0, 0.1) is 6.92 Å². The highest BCUT2D eigenvalue weighted by atomic mass is 32.1. The lowest BCUT2D eigenvalue weighted by Gasteiger charge is -2.34. The number of amides is 1. The van der Waals surface area contributed by atoms with E-state index in [0.717, 1.165) is 38.0 Å². The Morgan fingerprint density at radius 3 is 2.50 bits per heavy atom. The van der Waals surface area contributed by atoms with E-state index >= 15 is 0 Å². The molecule has 0 saturated carbocycles. The number of rotatable bonds is 6. The van der Waals surface area contributed by atoms with Gasteiger partial charge in [-0.2, -0.15) is 0 Å². The van der Waals surface area contributed by atoms with Gasteiger partial charge in [-0.15, -0.1) is 11.3 Å². The van der Waals surface area contributed by atoms with E-state index in [-0.39, 0.29) is 5.91 Å². The van der Waals surface area contributed by atoms with Gasteiger partial charge in [0.05, 0.1) is 6.04 Å². The zero-order valence-electron chi connectivity index (χ0n) is 15.9. The third kappa shape index (κ3) is 4.53. The van der Waals surface area contributed by atoms with Crippen LogP contribution in [0.5, 0.6) is 0 Å². The lowest BCUT2D eigenvalue weighted by atomic mass is 10.0. The average Bonchev–Trinajstić information content (AvgIpc) is 3.08. The molecule has 1 N–H and O–H groups in total. The van der Waals surface area contributed by atoms with Crippen molar-refractivity contribution >= 4 is 17.2 Å². The van der Waals surface area contributed by atoms with Crippen LogP contribution in [0.1, 0.15) is 39.7 Å². The zero-order chi connectivity index (χ0) is 18.5. The van der Waals surface area contributed by atoms with Crippen molar-refractivity contribution in [3.05, 3.63) is 57.8 Å². The van der Waals surface area contributed by atoms with Crippen LogP contribution in [-0.4, -0.2) is 55.5 Å². The fourth-order valence-electron chi connectivity index (χ4n) is 3.56. The van der Waals surface area contributed by atoms with E-state index in [4.69, 9.17) is 0 Å². The first-order valence-electron chi connectivity index (χ1n) is 9.34. The Labute approximate surface area is 160 Å². The first-order valence-corrected chi connectivity index (χ1v) is 10.2. The van der Waals surface area contributed by atoms with Gasteiger partial charge in [0.1, 0.15) is 0 Å². The van der Waals surface area contributed by atoms with E-state index in [1.165, 1.54) is 10.4 Å². The van der Waals surface area contributed by atoms with E-state index < -0.39 is 0 Å². The first kappa shape index (κ1) is 19.1. The highest BCUT2D eigenvalue weighted by molar-refractivity contribution is 7.10. The van der Waals surface area contributed by atoms with E-state index in [9.17, 15) is 4.79 Å². The van der Waals surface area contributed by atoms with Crippen molar-refractivity contribution in [2.45, 2.75) is 31.8 Å². The molecule has 1 aliphatic heterocycles. The van der Waals surface area contributed by atoms with Gasteiger partial charge in [-0.1, -0.05) is 18.2 Å². The molecule has 1 atom stereocenters. The van der Waals surface area contributed by atoms with Crippen molar-refractivity contribution in [3.8, 4) is 0 Å². The minimum atomic E-state index is 0.157. The highest BCUT2D eigenvalue weighted by Crippen LogP contribution is 2.27. The van der Waals surface area contributed by atoms with Gasteiger partial charge in [-0.3, -0.25) is 4.79 Å². The summed E-state index contributed by atoms with van der Waals surface area (Å²) in [4.78, 5) is 18.3. The Kier molecular flexibility index (Phi) is 6.46. The van der Waals surface area contributed by atoms with Gasteiger partial charge in [0.25, 0.3) is 5.91 Å². The number of likely N-dealkylation sites (N-methyl/N-ethyl adjacent to an activating group) is 1. The molecule has 4 nitrogen and oxygen atoms in total. The standard InChI is InChI=1S/C21H29N3OS/c1-16-11-14-26-20(16)19(23(2)3)15-22-18-9-12-24(13-10-18)21(25)17-7-5-4-6-8-17/h4-8,11,14,18-19,22H,9-10,12-13,15H2,1-3H3/t19-/m1/s1. The number of nitrogens with one attached hydrogen (secondary N) is 1. The van der Waals surface area contributed by atoms with Crippen molar-refractivity contribution in [1.29, 1.82) is 0 Å². The minimum absolute atomic E-state index is 0.157. The Bertz CT molecular complexity index is 705. The maximum Gasteiger partial charge on any atom is 0.253 e. The molecule has 1 fully saturated rings. The van der Waals surface area contributed by atoms with Gasteiger partial charge < -0.3 is 15.1 Å². The van der Waals surface area contributed by atoms with Gasteiger partial charge in [0.2, 0.25) is 0 Å². The van der Waals surface area contributed by atoms with Gasteiger partial charge in [-0.05, 0) is 63.0 Å². The fraction of sp³-hybridized carbons (Fsp3) is 0.476. The largest absolute Gasteiger partial charge is 0.339 e. The second-order valence-electron chi connectivity index (χ2n) is 7.29. The Morgan fingerprint density at radius 1 is 1.23 bits per heavy atom. The number of thiophene rings is 1. The number of benzene rings is 1. The summed E-state index contributed by atoms with van der Waals surface area (Å²) in [7, 11) is 4.29.